The minimum absolute atomic E-state index is 0.0250. The molecule has 4 heterocycles. The van der Waals surface area contributed by atoms with Crippen molar-refractivity contribution in [3.05, 3.63) is 54.1 Å². The van der Waals surface area contributed by atoms with E-state index in [2.05, 4.69) is 14.8 Å². The number of ether oxygens (including phenoxy) is 1. The number of hydrogen-bond acceptors (Lipinski definition) is 5. The molecular weight excluding hydrogens is 407 g/mol. The van der Waals surface area contributed by atoms with E-state index in [1.165, 1.54) is 0 Å². The van der Waals surface area contributed by atoms with Gasteiger partial charge in [-0.2, -0.15) is 0 Å². The molecular formula is C25H31FN4O2. The van der Waals surface area contributed by atoms with Gasteiger partial charge in [0.15, 0.2) is 0 Å². The number of hydrogen-bond donors (Lipinski definition) is 0. The molecule has 32 heavy (non-hydrogen) atoms. The highest BCUT2D eigenvalue weighted by Crippen LogP contribution is 2.50. The molecule has 2 fully saturated rings. The van der Waals surface area contributed by atoms with Gasteiger partial charge < -0.3 is 19.4 Å². The maximum absolute atomic E-state index is 14.3. The highest BCUT2D eigenvalue weighted by molar-refractivity contribution is 5.72. The Labute approximate surface area is 189 Å². The van der Waals surface area contributed by atoms with Crippen molar-refractivity contribution in [1.29, 1.82) is 0 Å². The number of benzene rings is 1. The van der Waals surface area contributed by atoms with Crippen molar-refractivity contribution in [1.82, 2.24) is 14.8 Å². The number of pyridine rings is 1. The maximum atomic E-state index is 14.3. The third-order valence-electron chi connectivity index (χ3n) is 7.52. The molecule has 1 aromatic carbocycles. The van der Waals surface area contributed by atoms with Crippen LogP contribution in [0, 0.1) is 5.82 Å². The Balaban J connectivity index is 1.28. The fraction of sp³-hybridized carbons (Fsp3) is 0.520. The summed E-state index contributed by atoms with van der Waals surface area (Å²) < 4.78 is 19.4. The van der Waals surface area contributed by atoms with Crippen LogP contribution in [0.2, 0.25) is 0 Å². The molecule has 1 spiro atoms. The molecule has 0 saturated carbocycles. The van der Waals surface area contributed by atoms with Gasteiger partial charge in [0.05, 0.1) is 6.61 Å². The molecule has 0 aliphatic carbocycles. The number of halogens is 1. The van der Waals surface area contributed by atoms with Crippen LogP contribution < -0.4 is 4.90 Å². The van der Waals surface area contributed by atoms with E-state index >= 15 is 0 Å². The van der Waals surface area contributed by atoms with Gasteiger partial charge in [-0.05, 0) is 81.6 Å². The number of aromatic nitrogens is 1. The lowest BCUT2D eigenvalue weighted by Gasteiger charge is -2.45. The van der Waals surface area contributed by atoms with Crippen LogP contribution in [0.15, 0.2) is 42.7 Å². The van der Waals surface area contributed by atoms with Crippen molar-refractivity contribution in [2.24, 2.45) is 0 Å². The zero-order chi connectivity index (χ0) is 22.1. The zero-order valence-electron chi connectivity index (χ0n) is 18.7. The van der Waals surface area contributed by atoms with Crippen LogP contribution in [0.1, 0.15) is 38.2 Å². The molecule has 0 unspecified atom stereocenters. The number of nitrogens with zero attached hydrogens (tertiary/aromatic N) is 4. The Kier molecular flexibility index (Phi) is 5.76. The number of piperidine rings is 2. The second-order valence-electron chi connectivity index (χ2n) is 9.19. The van der Waals surface area contributed by atoms with Crippen LogP contribution in [-0.2, 0) is 10.2 Å². The summed E-state index contributed by atoms with van der Waals surface area (Å²) in [6.45, 7) is 6.67. The Morgan fingerprint density at radius 3 is 2.53 bits per heavy atom. The van der Waals surface area contributed by atoms with Gasteiger partial charge in [-0.1, -0.05) is 0 Å². The minimum Gasteiger partial charge on any atom is -0.450 e. The van der Waals surface area contributed by atoms with Crippen molar-refractivity contribution in [2.75, 3.05) is 44.2 Å². The van der Waals surface area contributed by atoms with Gasteiger partial charge in [0, 0.05) is 54.9 Å². The van der Waals surface area contributed by atoms with E-state index in [-0.39, 0.29) is 17.3 Å². The molecule has 170 valence electrons. The molecule has 0 N–H and O–H groups in total. The van der Waals surface area contributed by atoms with E-state index in [1.54, 1.807) is 12.1 Å². The topological polar surface area (TPSA) is 48.9 Å². The first-order valence-corrected chi connectivity index (χ1v) is 11.7. The lowest BCUT2D eigenvalue weighted by Crippen LogP contribution is -2.52. The molecule has 2 saturated heterocycles. The lowest BCUT2D eigenvalue weighted by molar-refractivity contribution is 0.0581. The van der Waals surface area contributed by atoms with Gasteiger partial charge in [-0.25, -0.2) is 9.18 Å². The Morgan fingerprint density at radius 2 is 1.84 bits per heavy atom. The predicted molar refractivity (Wildman–Crippen MR) is 122 cm³/mol. The second kappa shape index (κ2) is 8.70. The van der Waals surface area contributed by atoms with Gasteiger partial charge >= 0.3 is 6.09 Å². The lowest BCUT2D eigenvalue weighted by atomic mass is 9.74. The summed E-state index contributed by atoms with van der Waals surface area (Å²) in [7, 11) is 0. The van der Waals surface area contributed by atoms with Crippen molar-refractivity contribution < 1.29 is 13.9 Å². The Morgan fingerprint density at radius 1 is 1.12 bits per heavy atom. The first kappa shape index (κ1) is 21.2. The van der Waals surface area contributed by atoms with Crippen LogP contribution in [0.4, 0.5) is 20.6 Å². The number of amides is 1. The molecule has 7 heteroatoms. The van der Waals surface area contributed by atoms with Gasteiger partial charge in [-0.3, -0.25) is 4.98 Å². The van der Waals surface area contributed by atoms with Crippen molar-refractivity contribution in [3.8, 4) is 0 Å². The first-order valence-electron chi connectivity index (χ1n) is 11.7. The van der Waals surface area contributed by atoms with Gasteiger partial charge in [0.2, 0.25) is 0 Å². The number of carbonyl (C=O) groups is 1. The number of fused-ring (bicyclic) bond motifs is 2. The smallest absolute Gasteiger partial charge is 0.409 e. The summed E-state index contributed by atoms with van der Waals surface area (Å²) in [6, 6.07) is 9.81. The van der Waals surface area contributed by atoms with Crippen LogP contribution in [0.25, 0.3) is 0 Å². The van der Waals surface area contributed by atoms with Gasteiger partial charge in [0.25, 0.3) is 0 Å². The summed E-state index contributed by atoms with van der Waals surface area (Å²) in [4.78, 5) is 22.9. The molecule has 0 atom stereocenters. The predicted octanol–water partition coefficient (Wildman–Crippen LogP) is 4.33. The average Bonchev–Trinajstić information content (AvgIpc) is 3.13. The summed E-state index contributed by atoms with van der Waals surface area (Å²) in [5, 5.41) is 0. The molecule has 3 aliphatic heterocycles. The van der Waals surface area contributed by atoms with Crippen LogP contribution in [0.3, 0.4) is 0 Å². The molecule has 5 rings (SSSR count). The molecule has 2 aromatic rings. The number of carbonyl (C=O) groups excluding carboxylic acids is 1. The Bertz CT molecular complexity index is 954. The van der Waals surface area contributed by atoms with E-state index in [1.807, 2.05) is 42.4 Å². The second-order valence-corrected chi connectivity index (χ2v) is 9.19. The average molecular weight is 439 g/mol. The zero-order valence-corrected chi connectivity index (χ0v) is 18.7. The molecule has 0 bridgehead atoms. The molecule has 1 amide bonds. The minimum atomic E-state index is -0.190. The Hall–Kier alpha value is -2.67. The monoisotopic (exact) mass is 438 g/mol. The van der Waals surface area contributed by atoms with E-state index in [9.17, 15) is 9.18 Å². The van der Waals surface area contributed by atoms with Crippen molar-refractivity contribution in [3.63, 3.8) is 0 Å². The third kappa shape index (κ3) is 3.83. The number of rotatable bonds is 3. The van der Waals surface area contributed by atoms with Crippen LogP contribution in [0.5, 0.6) is 0 Å². The van der Waals surface area contributed by atoms with Crippen molar-refractivity contribution >= 4 is 17.5 Å². The van der Waals surface area contributed by atoms with E-state index in [0.29, 0.717) is 12.6 Å². The van der Waals surface area contributed by atoms with Gasteiger partial charge in [-0.15, -0.1) is 0 Å². The molecule has 6 nitrogen and oxygen atoms in total. The summed E-state index contributed by atoms with van der Waals surface area (Å²) in [6.07, 6.45) is 7.44. The summed E-state index contributed by atoms with van der Waals surface area (Å²) >= 11 is 0. The fourth-order valence-corrected chi connectivity index (χ4v) is 5.77. The maximum Gasteiger partial charge on any atom is 0.409 e. The highest BCUT2D eigenvalue weighted by Gasteiger charge is 2.46. The molecule has 0 radical (unpaired) electrons. The fourth-order valence-electron chi connectivity index (χ4n) is 5.77. The molecule has 3 aliphatic rings. The van der Waals surface area contributed by atoms with E-state index in [4.69, 9.17) is 4.74 Å². The highest BCUT2D eigenvalue weighted by atomic mass is 19.1. The van der Waals surface area contributed by atoms with E-state index in [0.717, 1.165) is 75.3 Å². The first-order chi connectivity index (χ1) is 15.6. The summed E-state index contributed by atoms with van der Waals surface area (Å²) in [5.41, 5.74) is 3.35. The summed E-state index contributed by atoms with van der Waals surface area (Å²) in [5.74, 6) is -0.159. The van der Waals surface area contributed by atoms with Crippen molar-refractivity contribution in [2.45, 2.75) is 44.1 Å². The SMILES string of the molecule is CCOC(=O)N1CCC(N2CCC3(CC2)CN(c2ccncc2)c2ccc(F)cc23)CC1. The number of anilines is 2. The van der Waals surface area contributed by atoms with E-state index < -0.39 is 0 Å². The van der Waals surface area contributed by atoms with Gasteiger partial charge in [0.1, 0.15) is 5.82 Å². The van der Waals surface area contributed by atoms with Crippen LogP contribution >= 0.6 is 0 Å². The largest absolute Gasteiger partial charge is 0.450 e. The third-order valence-corrected chi connectivity index (χ3v) is 7.52. The standard InChI is InChI=1S/C25H31FN4O2/c1-2-32-24(31)29-13-7-20(8-14-29)28-15-9-25(10-16-28)18-30(21-5-11-27-12-6-21)23-4-3-19(26)17-22(23)25/h3-6,11-12,17,20H,2,7-10,13-16,18H2,1H3. The quantitative estimate of drug-likeness (QED) is 0.714. The molecule has 1 aromatic heterocycles. The van der Waals surface area contributed by atoms with Crippen LogP contribution in [-0.4, -0.2) is 66.2 Å². The normalized spacial score (nSPS) is 21.1. The number of likely N-dealkylation sites (tertiary alicyclic amines) is 2.